The minimum atomic E-state index is -0.684. The SMILES string of the molecule is C=N/N=C(\OCCN(C(=O)OC(C)(C)C)C1CC(NC(=O)OC(C)(C)C)C1)[C@@H]1CC[C@@H]2CN1C(=O)N2OCc1ccccc1. The second kappa shape index (κ2) is 13.8. The number of ether oxygens (including phenoxy) is 3. The van der Waals surface area contributed by atoms with Crippen LogP contribution in [-0.2, 0) is 25.7 Å². The van der Waals surface area contributed by atoms with Crippen molar-refractivity contribution in [1.82, 2.24) is 20.2 Å². The van der Waals surface area contributed by atoms with Crippen molar-refractivity contribution in [2.75, 3.05) is 19.7 Å². The number of nitrogens with zero attached hydrogens (tertiary/aromatic N) is 5. The summed E-state index contributed by atoms with van der Waals surface area (Å²) in [5.41, 5.74) is -0.307. The Kier molecular flexibility index (Phi) is 10.4. The fraction of sp³-hybridized carbons (Fsp3) is 0.645. The number of alkyl carbamates (subject to hydrolysis) is 1. The van der Waals surface area contributed by atoms with Crippen LogP contribution in [0.2, 0.25) is 0 Å². The van der Waals surface area contributed by atoms with E-state index in [1.54, 1.807) is 30.6 Å². The third-order valence-corrected chi connectivity index (χ3v) is 7.48. The standard InChI is InChI=1S/C31H46N6O7/c1-30(2,3)43-27(38)33-22-17-24(18-22)35(29(40)44-31(4,5)6)15-16-41-26(34-32-7)25-14-13-23-19-36(25)28(39)37(23)42-20-21-11-9-8-10-12-21/h8-12,22-25H,7,13-20H2,1-6H3,(H,33,38)/b34-26-/t22?,23-,24?,25+/m1/s1. The second-order valence-electron chi connectivity index (χ2n) is 13.3. The maximum atomic E-state index is 13.3. The first-order valence-corrected chi connectivity index (χ1v) is 15.2. The van der Waals surface area contributed by atoms with E-state index >= 15 is 0 Å². The summed E-state index contributed by atoms with van der Waals surface area (Å²) in [6, 6.07) is 8.67. The predicted molar refractivity (Wildman–Crippen MR) is 164 cm³/mol. The van der Waals surface area contributed by atoms with E-state index in [4.69, 9.17) is 19.0 Å². The first kappa shape index (κ1) is 33.0. The highest BCUT2D eigenvalue weighted by atomic mass is 16.7. The molecule has 3 fully saturated rings. The Morgan fingerprint density at radius 2 is 1.73 bits per heavy atom. The van der Waals surface area contributed by atoms with Crippen LogP contribution < -0.4 is 5.32 Å². The predicted octanol–water partition coefficient (Wildman–Crippen LogP) is 4.71. The number of benzene rings is 1. The van der Waals surface area contributed by atoms with Crippen molar-refractivity contribution in [1.29, 1.82) is 0 Å². The minimum Gasteiger partial charge on any atom is -0.476 e. The highest BCUT2D eigenvalue weighted by Gasteiger charge is 2.48. The molecule has 0 unspecified atom stereocenters. The molecule has 1 N–H and O–H groups in total. The van der Waals surface area contributed by atoms with Crippen LogP contribution >= 0.6 is 0 Å². The van der Waals surface area contributed by atoms with Crippen molar-refractivity contribution in [3.8, 4) is 0 Å². The van der Waals surface area contributed by atoms with Gasteiger partial charge in [0, 0.05) is 25.3 Å². The van der Waals surface area contributed by atoms with Crippen LogP contribution in [0.4, 0.5) is 14.4 Å². The molecule has 1 aromatic carbocycles. The Morgan fingerprint density at radius 3 is 2.36 bits per heavy atom. The van der Waals surface area contributed by atoms with Gasteiger partial charge in [-0.15, -0.1) is 5.10 Å². The van der Waals surface area contributed by atoms with Crippen LogP contribution in [0.1, 0.15) is 72.8 Å². The average molecular weight is 615 g/mol. The van der Waals surface area contributed by atoms with Crippen molar-refractivity contribution < 1.29 is 33.4 Å². The van der Waals surface area contributed by atoms with Gasteiger partial charge in [-0.25, -0.2) is 14.4 Å². The topological polar surface area (TPSA) is 135 Å². The number of carbonyl (C=O) groups excluding carboxylic acids is 3. The molecule has 13 nitrogen and oxygen atoms in total. The Balaban J connectivity index is 1.34. The van der Waals surface area contributed by atoms with Crippen molar-refractivity contribution in [3.63, 3.8) is 0 Å². The molecule has 4 rings (SSSR count). The van der Waals surface area contributed by atoms with E-state index < -0.39 is 29.4 Å². The molecule has 1 saturated carbocycles. The van der Waals surface area contributed by atoms with Gasteiger partial charge in [0.1, 0.15) is 30.5 Å². The van der Waals surface area contributed by atoms with Crippen LogP contribution in [0.15, 0.2) is 40.5 Å². The summed E-state index contributed by atoms with van der Waals surface area (Å²) in [4.78, 5) is 47.9. The van der Waals surface area contributed by atoms with Gasteiger partial charge >= 0.3 is 18.2 Å². The quantitative estimate of drug-likeness (QED) is 0.229. The number of hydrogen-bond acceptors (Lipinski definition) is 9. The van der Waals surface area contributed by atoms with E-state index in [1.165, 1.54) is 5.06 Å². The Hall–Kier alpha value is -3.87. The minimum absolute atomic E-state index is 0.0658. The molecule has 3 aliphatic rings. The number of rotatable bonds is 10. The summed E-state index contributed by atoms with van der Waals surface area (Å²) >= 11 is 0. The molecule has 2 saturated heterocycles. The fourth-order valence-electron chi connectivity index (χ4n) is 5.46. The highest BCUT2D eigenvalue weighted by molar-refractivity contribution is 5.88. The summed E-state index contributed by atoms with van der Waals surface area (Å²) < 4.78 is 17.1. The normalized spacial score (nSPS) is 23.5. The van der Waals surface area contributed by atoms with Gasteiger partial charge in [0.25, 0.3) is 0 Å². The number of amides is 4. The Bertz CT molecular complexity index is 1210. The smallest absolute Gasteiger partial charge is 0.410 e. The molecular weight excluding hydrogens is 568 g/mol. The van der Waals surface area contributed by atoms with E-state index in [0.29, 0.717) is 38.8 Å². The van der Waals surface area contributed by atoms with Gasteiger partial charge in [-0.2, -0.15) is 10.2 Å². The maximum absolute atomic E-state index is 13.3. The number of hydrogen-bond donors (Lipinski definition) is 1. The van der Waals surface area contributed by atoms with Gasteiger partial charge in [0.15, 0.2) is 0 Å². The lowest BCUT2D eigenvalue weighted by Gasteiger charge is -2.43. The van der Waals surface area contributed by atoms with Crippen molar-refractivity contribution in [2.45, 2.75) is 109 Å². The zero-order chi connectivity index (χ0) is 32.1. The van der Waals surface area contributed by atoms with Crippen LogP contribution in [-0.4, -0.2) is 101 Å². The van der Waals surface area contributed by atoms with Crippen LogP contribution in [0, 0.1) is 0 Å². The molecule has 0 spiro atoms. The summed E-state index contributed by atoms with van der Waals surface area (Å²) in [7, 11) is 0. The number of urea groups is 1. The molecule has 2 atom stereocenters. The zero-order valence-electron chi connectivity index (χ0n) is 26.7. The molecule has 44 heavy (non-hydrogen) atoms. The average Bonchev–Trinajstić information content (AvgIpc) is 3.14. The molecule has 1 aromatic rings. The highest BCUT2D eigenvalue weighted by Crippen LogP contribution is 2.32. The molecular formula is C31H46N6O7. The zero-order valence-corrected chi connectivity index (χ0v) is 26.7. The Morgan fingerprint density at radius 1 is 1.05 bits per heavy atom. The van der Waals surface area contributed by atoms with Gasteiger partial charge < -0.3 is 29.3 Å². The molecule has 1 aliphatic carbocycles. The van der Waals surface area contributed by atoms with Crippen molar-refractivity contribution >= 4 is 30.8 Å². The lowest BCUT2D eigenvalue weighted by Crippen LogP contribution is -2.57. The Labute approximate surface area is 259 Å². The monoisotopic (exact) mass is 614 g/mol. The second-order valence-corrected chi connectivity index (χ2v) is 13.3. The van der Waals surface area contributed by atoms with E-state index in [2.05, 4.69) is 22.2 Å². The lowest BCUT2D eigenvalue weighted by molar-refractivity contribution is -0.140. The largest absolute Gasteiger partial charge is 0.476 e. The number of piperidine rings is 1. The van der Waals surface area contributed by atoms with Gasteiger partial charge in [-0.3, -0.25) is 4.84 Å². The number of nitrogens with one attached hydrogen (secondary N) is 1. The molecule has 13 heteroatoms. The molecule has 0 radical (unpaired) electrons. The van der Waals surface area contributed by atoms with Gasteiger partial charge in [0.05, 0.1) is 12.6 Å². The number of carbonyl (C=O) groups is 3. The van der Waals surface area contributed by atoms with Gasteiger partial charge in [0.2, 0.25) is 5.90 Å². The summed E-state index contributed by atoms with van der Waals surface area (Å²) in [6.45, 7) is 15.4. The van der Waals surface area contributed by atoms with E-state index in [-0.39, 0.29) is 43.2 Å². The number of hydroxylamine groups is 2. The molecule has 242 valence electrons. The first-order valence-electron chi connectivity index (χ1n) is 15.2. The molecule has 2 heterocycles. The summed E-state index contributed by atoms with van der Waals surface area (Å²) in [6.07, 6.45) is 1.48. The van der Waals surface area contributed by atoms with Crippen LogP contribution in [0.3, 0.4) is 0 Å². The maximum Gasteiger partial charge on any atom is 0.410 e. The fourth-order valence-corrected chi connectivity index (χ4v) is 5.46. The lowest BCUT2D eigenvalue weighted by atomic mass is 9.85. The van der Waals surface area contributed by atoms with E-state index in [1.807, 2.05) is 51.1 Å². The molecule has 4 amide bonds. The van der Waals surface area contributed by atoms with Crippen LogP contribution in [0.25, 0.3) is 0 Å². The van der Waals surface area contributed by atoms with Gasteiger partial charge in [-0.05, 0) is 72.8 Å². The number of fused-ring (bicyclic) bond motifs is 2. The van der Waals surface area contributed by atoms with Crippen LogP contribution in [0.5, 0.6) is 0 Å². The van der Waals surface area contributed by atoms with E-state index in [0.717, 1.165) is 5.56 Å². The molecule has 2 bridgehead atoms. The van der Waals surface area contributed by atoms with Gasteiger partial charge in [-0.1, -0.05) is 30.3 Å². The first-order chi connectivity index (χ1) is 20.7. The third-order valence-electron chi connectivity index (χ3n) is 7.48. The molecule has 0 aromatic heterocycles. The van der Waals surface area contributed by atoms with Crippen molar-refractivity contribution in [2.24, 2.45) is 10.2 Å². The third kappa shape index (κ3) is 8.84. The molecule has 2 aliphatic heterocycles. The summed E-state index contributed by atoms with van der Waals surface area (Å²) in [5.74, 6) is 0.263. The summed E-state index contributed by atoms with van der Waals surface area (Å²) in [5, 5.41) is 12.1. The van der Waals surface area contributed by atoms with Crippen molar-refractivity contribution in [3.05, 3.63) is 35.9 Å². The van der Waals surface area contributed by atoms with E-state index in [9.17, 15) is 14.4 Å².